The van der Waals surface area contributed by atoms with Crippen LogP contribution in [0.3, 0.4) is 0 Å². The number of ether oxygens (including phenoxy) is 2. The van der Waals surface area contributed by atoms with Crippen LogP contribution in [-0.4, -0.2) is 107 Å². The third kappa shape index (κ3) is 4.95. The van der Waals surface area contributed by atoms with E-state index in [1.165, 1.54) is 10.9 Å². The van der Waals surface area contributed by atoms with E-state index in [0.717, 1.165) is 23.5 Å². The first-order valence-electron chi connectivity index (χ1n) is 12.7. The fourth-order valence-electron chi connectivity index (χ4n) is 5.22. The summed E-state index contributed by atoms with van der Waals surface area (Å²) in [5.74, 6) is 0.0334. The third-order valence-electron chi connectivity index (χ3n) is 7.26. The molecule has 24 heteroatoms. The molecule has 0 aromatic carbocycles. The first-order valence-corrected chi connectivity index (χ1v) is 15.7. The third-order valence-corrected chi connectivity index (χ3v) is 9.24. The van der Waals surface area contributed by atoms with Crippen LogP contribution in [0.1, 0.15) is 12.5 Å². The van der Waals surface area contributed by atoms with Gasteiger partial charge in [-0.3, -0.25) is 18.2 Å². The second-order valence-corrected chi connectivity index (χ2v) is 12.7. The van der Waals surface area contributed by atoms with Crippen molar-refractivity contribution in [2.75, 3.05) is 24.6 Å². The zero-order valence-corrected chi connectivity index (χ0v) is 23.7. The van der Waals surface area contributed by atoms with E-state index in [-0.39, 0.29) is 34.0 Å². The van der Waals surface area contributed by atoms with Crippen LogP contribution >= 0.6 is 7.82 Å². The molecule has 7 heterocycles. The smallest absolute Gasteiger partial charge is 0.387 e. The highest BCUT2D eigenvalue weighted by atomic mass is 32.2. The number of hydrogen-bond donors (Lipinski definition) is 5. The van der Waals surface area contributed by atoms with E-state index in [0.29, 0.717) is 0 Å². The van der Waals surface area contributed by atoms with Crippen LogP contribution < -0.4 is 16.2 Å². The monoisotopic (exact) mass is 659 g/mol. The Labute approximate surface area is 245 Å². The maximum absolute atomic E-state index is 15.9. The molecule has 3 fully saturated rings. The molecule has 0 amide bonds. The summed E-state index contributed by atoms with van der Waals surface area (Å²) in [6, 6.07) is 0. The van der Waals surface area contributed by atoms with Gasteiger partial charge in [-0.05, 0) is 0 Å². The van der Waals surface area contributed by atoms with Crippen LogP contribution in [0.25, 0.3) is 22.3 Å². The highest BCUT2D eigenvalue weighted by Crippen LogP contribution is 2.50. The van der Waals surface area contributed by atoms with E-state index < -0.39 is 80.4 Å². The Hall–Kier alpha value is -3.51. The van der Waals surface area contributed by atoms with Crippen molar-refractivity contribution in [2.24, 2.45) is 0 Å². The van der Waals surface area contributed by atoms with Gasteiger partial charge in [-0.1, -0.05) is 0 Å². The van der Waals surface area contributed by atoms with Gasteiger partial charge in [0.2, 0.25) is 0 Å². The Bertz CT molecular complexity index is 1900. The van der Waals surface area contributed by atoms with Gasteiger partial charge >= 0.3 is 18.1 Å². The normalized spacial score (nSPS) is 36.1. The number of nitrogens with one attached hydrogen (secondary N) is 1. The number of phosphoric ester groups is 1. The molecular formula is C20H23FN11O10PS. The number of aliphatic hydroxyl groups excluding tert-OH is 1. The number of fused-ring (bicyclic) bond motifs is 5. The molecule has 0 spiro atoms. The lowest BCUT2D eigenvalue weighted by atomic mass is 10.1. The van der Waals surface area contributed by atoms with Crippen LogP contribution in [0.15, 0.2) is 25.3 Å². The molecule has 0 radical (unpaired) electrons. The molecule has 3 aliphatic heterocycles. The molecule has 4 aromatic heterocycles. The minimum atomic E-state index is -5.09. The number of halogens is 1. The average molecular weight is 660 g/mol. The van der Waals surface area contributed by atoms with E-state index in [4.69, 9.17) is 34.2 Å². The predicted octanol–water partition coefficient (Wildman–Crippen LogP) is -1.94. The molecule has 21 nitrogen and oxygen atoms in total. The van der Waals surface area contributed by atoms with E-state index >= 15 is 4.39 Å². The van der Waals surface area contributed by atoms with Gasteiger partial charge < -0.3 is 30.9 Å². The maximum atomic E-state index is 15.9. The number of aromatic nitrogens is 8. The Morgan fingerprint density at radius 3 is 2.16 bits per heavy atom. The molecule has 4 aromatic rings. The highest BCUT2D eigenvalue weighted by molar-refractivity contribution is 7.84. The predicted molar refractivity (Wildman–Crippen MR) is 141 cm³/mol. The first kappa shape index (κ1) is 29.2. The summed E-state index contributed by atoms with van der Waals surface area (Å²) < 4.78 is 86.6. The van der Waals surface area contributed by atoms with Crippen LogP contribution in [0.2, 0.25) is 0 Å². The summed E-state index contributed by atoms with van der Waals surface area (Å²) in [4.78, 5) is 34.6. The molecule has 2 bridgehead atoms. The number of hydrogen-bond acceptors (Lipinski definition) is 17. The maximum Gasteiger partial charge on any atom is 0.472 e. The standard InChI is InChI=1S/C20H23FN11O10PS/c21-9-13-8(40-19(9)31-5-28-10-15(22)24-3-26-17(10)31)2-38-43(34,35)41-14-12(33)7(1-30-44(36,37)42-13)39-20(14)32-6-29-11-16(23)25-4-27-18(11)32/h3-9,12-14,19-20,30,33H,1-2H2,(H,34,35)(H2,22,24,26)(H2,23,25,27)/t7-,8-,9-,12-,13-,14-,19-,20-/m1/s1. The molecule has 44 heavy (non-hydrogen) atoms. The summed E-state index contributed by atoms with van der Waals surface area (Å²) in [5, 5.41) is 11.0. The molecule has 0 aliphatic carbocycles. The Morgan fingerprint density at radius 2 is 1.52 bits per heavy atom. The number of anilines is 2. The number of rotatable bonds is 2. The van der Waals surface area contributed by atoms with Crippen molar-refractivity contribution in [2.45, 2.75) is 49.1 Å². The van der Waals surface area contributed by atoms with Crippen molar-refractivity contribution < 1.29 is 50.1 Å². The van der Waals surface area contributed by atoms with Gasteiger partial charge in [-0.15, -0.1) is 0 Å². The second-order valence-electron chi connectivity index (χ2n) is 9.93. The molecular weight excluding hydrogens is 636 g/mol. The van der Waals surface area contributed by atoms with Gasteiger partial charge in [0, 0.05) is 6.54 Å². The van der Waals surface area contributed by atoms with Gasteiger partial charge in [0.15, 0.2) is 41.6 Å². The molecule has 0 saturated carbocycles. The zero-order chi connectivity index (χ0) is 31.0. The topological polar surface area (TPSA) is 289 Å². The van der Waals surface area contributed by atoms with E-state index in [1.54, 1.807) is 0 Å². The van der Waals surface area contributed by atoms with Crippen molar-refractivity contribution in [3.8, 4) is 0 Å². The highest BCUT2D eigenvalue weighted by Gasteiger charge is 2.53. The number of nitrogens with zero attached hydrogens (tertiary/aromatic N) is 8. The number of nitrogens with two attached hydrogens (primary N) is 2. The summed E-state index contributed by atoms with van der Waals surface area (Å²) >= 11 is 0. The summed E-state index contributed by atoms with van der Waals surface area (Å²) in [5.41, 5.74) is 12.1. The van der Waals surface area contributed by atoms with Gasteiger partial charge in [-0.25, -0.2) is 43.0 Å². The zero-order valence-electron chi connectivity index (χ0n) is 22.0. The molecule has 236 valence electrons. The quantitative estimate of drug-likeness (QED) is 0.146. The van der Waals surface area contributed by atoms with E-state index in [2.05, 4.69) is 34.6 Å². The summed E-state index contributed by atoms with van der Waals surface area (Å²) in [6.07, 6.45) is -8.62. The van der Waals surface area contributed by atoms with Gasteiger partial charge in [0.1, 0.15) is 54.2 Å². The number of phosphoric acid groups is 1. The van der Waals surface area contributed by atoms with E-state index in [1.807, 2.05) is 0 Å². The molecule has 7 N–H and O–H groups in total. The summed E-state index contributed by atoms with van der Waals surface area (Å²) in [7, 11) is -9.84. The number of aliphatic hydroxyl groups is 1. The number of alkyl halides is 1. The lowest BCUT2D eigenvalue weighted by Gasteiger charge is -2.25. The fraction of sp³-hybridized carbons (Fsp3) is 0.500. The van der Waals surface area contributed by atoms with Crippen molar-refractivity contribution in [1.29, 1.82) is 0 Å². The lowest BCUT2D eigenvalue weighted by molar-refractivity contribution is -0.0560. The average Bonchev–Trinajstić information content (AvgIpc) is 3.73. The molecule has 9 atom stereocenters. The van der Waals surface area contributed by atoms with E-state index in [9.17, 15) is 23.0 Å². The Kier molecular flexibility index (Phi) is 7.00. The SMILES string of the molecule is Nc1ncnc2c1ncn2[C@@H]1O[C@@H]2COP(=O)(O)O[C@@H]3[C@H](O)[C@@H](CNS(=O)(=O)O[C@H]2[C@H]1F)O[C@H]3n1cnc2c(N)ncnc21. The van der Waals surface area contributed by atoms with Crippen molar-refractivity contribution in [3.63, 3.8) is 0 Å². The van der Waals surface area contributed by atoms with Crippen LogP contribution in [0.4, 0.5) is 16.0 Å². The number of nitrogen functional groups attached to an aromatic ring is 2. The second kappa shape index (κ2) is 10.5. The van der Waals surface area contributed by atoms with Crippen LogP contribution in [0, 0.1) is 0 Å². The molecule has 7 rings (SSSR count). The lowest BCUT2D eigenvalue weighted by Crippen LogP contribution is -2.43. The molecule has 3 aliphatic rings. The minimum absolute atomic E-state index is 0.00591. The van der Waals surface area contributed by atoms with Crippen molar-refractivity contribution in [3.05, 3.63) is 25.3 Å². The van der Waals surface area contributed by atoms with Crippen molar-refractivity contribution >= 4 is 52.1 Å². The van der Waals surface area contributed by atoms with Gasteiger partial charge in [0.05, 0.1) is 19.3 Å². The fourth-order valence-corrected chi connectivity index (χ4v) is 7.11. The Balaban J connectivity index is 1.20. The largest absolute Gasteiger partial charge is 0.472 e. The van der Waals surface area contributed by atoms with Crippen LogP contribution in [-0.2, 0) is 37.6 Å². The molecule has 1 unspecified atom stereocenters. The molecule has 3 saturated heterocycles. The Morgan fingerprint density at radius 1 is 0.932 bits per heavy atom. The first-order chi connectivity index (χ1) is 20.9. The summed E-state index contributed by atoms with van der Waals surface area (Å²) in [6.45, 7) is -1.51. The van der Waals surface area contributed by atoms with Gasteiger partial charge in [-0.2, -0.15) is 13.1 Å². The van der Waals surface area contributed by atoms with Crippen LogP contribution in [0.5, 0.6) is 0 Å². The number of imidazole rings is 2. The van der Waals surface area contributed by atoms with Gasteiger partial charge in [0.25, 0.3) is 0 Å². The minimum Gasteiger partial charge on any atom is -0.387 e. The van der Waals surface area contributed by atoms with Crippen molar-refractivity contribution in [1.82, 2.24) is 43.8 Å².